The molecule has 0 spiro atoms. The van der Waals surface area contributed by atoms with Gasteiger partial charge >= 0.3 is 0 Å². The van der Waals surface area contributed by atoms with E-state index in [0.29, 0.717) is 13.2 Å². The number of benzene rings is 2. The normalized spacial score (nSPS) is 10.6. The molecule has 0 amide bonds. The van der Waals surface area contributed by atoms with Crippen molar-refractivity contribution in [2.75, 3.05) is 5.73 Å². The molecule has 0 fully saturated rings. The van der Waals surface area contributed by atoms with Crippen LogP contribution in [0.4, 0.5) is 5.69 Å². The zero-order valence-electron chi connectivity index (χ0n) is 10.3. The maximum atomic E-state index is 5.86. The Bertz CT molecular complexity index is 540. The zero-order valence-corrected chi connectivity index (χ0v) is 11.9. The summed E-state index contributed by atoms with van der Waals surface area (Å²) in [6.07, 6.45) is 0. The van der Waals surface area contributed by atoms with Crippen molar-refractivity contribution in [1.82, 2.24) is 0 Å². The monoisotopic (exact) mass is 305 g/mol. The second-order valence-corrected chi connectivity index (χ2v) is 5.07. The van der Waals surface area contributed by atoms with Crippen LogP contribution in [0.25, 0.3) is 0 Å². The molecule has 0 aliphatic heterocycles. The molecule has 2 aromatic rings. The average molecular weight is 306 g/mol. The summed E-state index contributed by atoms with van der Waals surface area (Å²) in [5.74, 6) is 0. The third kappa shape index (κ3) is 3.12. The van der Waals surface area contributed by atoms with E-state index in [9.17, 15) is 0 Å². The summed E-state index contributed by atoms with van der Waals surface area (Å²) in [5.41, 5.74) is 10.1. The lowest BCUT2D eigenvalue weighted by Crippen LogP contribution is -1.99. The summed E-state index contributed by atoms with van der Waals surface area (Å²) in [7, 11) is 0. The molecule has 0 unspecified atom stereocenters. The van der Waals surface area contributed by atoms with E-state index in [0.717, 1.165) is 26.9 Å². The SMILES string of the molecule is Cc1c(N)cccc1COCc1ccccc1Br. The van der Waals surface area contributed by atoms with Gasteiger partial charge in [-0.2, -0.15) is 0 Å². The molecule has 2 N–H and O–H groups in total. The van der Waals surface area contributed by atoms with Crippen molar-refractivity contribution in [3.05, 3.63) is 63.6 Å². The van der Waals surface area contributed by atoms with E-state index in [2.05, 4.69) is 22.0 Å². The molecule has 2 nitrogen and oxygen atoms in total. The molecule has 0 heterocycles. The van der Waals surface area contributed by atoms with Gasteiger partial charge in [0.05, 0.1) is 13.2 Å². The maximum absolute atomic E-state index is 5.86. The summed E-state index contributed by atoms with van der Waals surface area (Å²) in [5, 5.41) is 0. The smallest absolute Gasteiger partial charge is 0.0732 e. The number of hydrogen-bond acceptors (Lipinski definition) is 2. The minimum Gasteiger partial charge on any atom is -0.399 e. The Balaban J connectivity index is 1.97. The highest BCUT2D eigenvalue weighted by Gasteiger charge is 2.03. The van der Waals surface area contributed by atoms with Crippen molar-refractivity contribution in [3.8, 4) is 0 Å². The van der Waals surface area contributed by atoms with E-state index in [1.165, 1.54) is 0 Å². The second kappa shape index (κ2) is 6.03. The van der Waals surface area contributed by atoms with E-state index in [4.69, 9.17) is 10.5 Å². The molecular weight excluding hydrogens is 290 g/mol. The van der Waals surface area contributed by atoms with Crippen LogP contribution >= 0.6 is 15.9 Å². The highest BCUT2D eigenvalue weighted by atomic mass is 79.9. The first-order valence-corrected chi connectivity index (χ1v) is 6.63. The maximum Gasteiger partial charge on any atom is 0.0732 e. The topological polar surface area (TPSA) is 35.2 Å². The van der Waals surface area contributed by atoms with E-state index < -0.39 is 0 Å². The minimum absolute atomic E-state index is 0.582. The third-order valence-corrected chi connectivity index (χ3v) is 3.73. The quantitative estimate of drug-likeness (QED) is 0.865. The van der Waals surface area contributed by atoms with Gasteiger partial charge in [0.2, 0.25) is 0 Å². The fourth-order valence-electron chi connectivity index (χ4n) is 1.75. The van der Waals surface area contributed by atoms with Crippen molar-refractivity contribution in [1.29, 1.82) is 0 Å². The average Bonchev–Trinajstić information content (AvgIpc) is 2.37. The minimum atomic E-state index is 0.582. The molecule has 0 saturated carbocycles. The van der Waals surface area contributed by atoms with Gasteiger partial charge in [0.15, 0.2) is 0 Å². The van der Waals surface area contributed by atoms with E-state index in [1.807, 2.05) is 43.3 Å². The second-order valence-electron chi connectivity index (χ2n) is 4.22. The van der Waals surface area contributed by atoms with Crippen LogP contribution in [0.15, 0.2) is 46.9 Å². The van der Waals surface area contributed by atoms with Gasteiger partial charge in [-0.15, -0.1) is 0 Å². The molecule has 0 aliphatic carbocycles. The molecular formula is C15H16BrNO. The summed E-state index contributed by atoms with van der Waals surface area (Å²) in [4.78, 5) is 0. The van der Waals surface area contributed by atoms with E-state index in [-0.39, 0.29) is 0 Å². The summed E-state index contributed by atoms with van der Waals surface area (Å²) < 4.78 is 6.81. The van der Waals surface area contributed by atoms with Crippen molar-refractivity contribution in [3.63, 3.8) is 0 Å². The van der Waals surface area contributed by atoms with Gasteiger partial charge in [0.25, 0.3) is 0 Å². The first-order valence-electron chi connectivity index (χ1n) is 5.83. The first kappa shape index (κ1) is 13.1. The van der Waals surface area contributed by atoms with Gasteiger partial charge in [0.1, 0.15) is 0 Å². The molecule has 2 aromatic carbocycles. The largest absolute Gasteiger partial charge is 0.399 e. The highest BCUT2D eigenvalue weighted by molar-refractivity contribution is 9.10. The van der Waals surface area contributed by atoms with Gasteiger partial charge in [-0.1, -0.05) is 46.3 Å². The highest BCUT2D eigenvalue weighted by Crippen LogP contribution is 2.19. The molecule has 3 heteroatoms. The van der Waals surface area contributed by atoms with Crippen LogP contribution in [-0.2, 0) is 18.0 Å². The molecule has 0 atom stereocenters. The van der Waals surface area contributed by atoms with E-state index in [1.54, 1.807) is 0 Å². The Morgan fingerprint density at radius 3 is 2.44 bits per heavy atom. The molecule has 94 valence electrons. The van der Waals surface area contributed by atoms with Crippen molar-refractivity contribution in [2.24, 2.45) is 0 Å². The number of halogens is 1. The lowest BCUT2D eigenvalue weighted by atomic mass is 10.1. The number of hydrogen-bond donors (Lipinski definition) is 1. The van der Waals surface area contributed by atoms with Crippen molar-refractivity contribution >= 4 is 21.6 Å². The molecule has 0 saturated heterocycles. The lowest BCUT2D eigenvalue weighted by molar-refractivity contribution is 0.106. The van der Waals surface area contributed by atoms with Crippen molar-refractivity contribution < 1.29 is 4.74 Å². The fraction of sp³-hybridized carbons (Fsp3) is 0.200. The summed E-state index contributed by atoms with van der Waals surface area (Å²) in [6.45, 7) is 3.19. The Kier molecular flexibility index (Phi) is 4.39. The molecule has 0 aromatic heterocycles. The van der Waals surface area contributed by atoms with Crippen LogP contribution in [0.2, 0.25) is 0 Å². The standard InChI is InChI=1S/C15H16BrNO/c1-11-12(6-4-8-15(11)17)9-18-10-13-5-2-3-7-14(13)16/h2-8H,9-10,17H2,1H3. The number of anilines is 1. The summed E-state index contributed by atoms with van der Waals surface area (Å²) >= 11 is 3.51. The van der Waals surface area contributed by atoms with Gasteiger partial charge in [-0.25, -0.2) is 0 Å². The van der Waals surface area contributed by atoms with Crippen LogP contribution in [0.5, 0.6) is 0 Å². The Hall–Kier alpha value is -1.32. The predicted octanol–water partition coefficient (Wildman–Crippen LogP) is 4.06. The molecule has 0 aliphatic rings. The van der Waals surface area contributed by atoms with E-state index >= 15 is 0 Å². The lowest BCUT2D eigenvalue weighted by Gasteiger charge is -2.10. The van der Waals surface area contributed by atoms with Gasteiger partial charge in [-0.3, -0.25) is 0 Å². The number of nitrogens with two attached hydrogens (primary N) is 1. The van der Waals surface area contributed by atoms with Crippen LogP contribution in [0.3, 0.4) is 0 Å². The van der Waals surface area contributed by atoms with Gasteiger partial charge < -0.3 is 10.5 Å². The number of nitrogen functional groups attached to an aromatic ring is 1. The number of rotatable bonds is 4. The first-order chi connectivity index (χ1) is 8.68. The Morgan fingerprint density at radius 2 is 1.67 bits per heavy atom. The molecule has 0 radical (unpaired) electrons. The summed E-state index contributed by atoms with van der Waals surface area (Å²) in [6, 6.07) is 14.0. The Morgan fingerprint density at radius 1 is 1.00 bits per heavy atom. The van der Waals surface area contributed by atoms with Gasteiger partial charge in [-0.05, 0) is 35.7 Å². The Labute approximate surface area is 116 Å². The molecule has 2 rings (SSSR count). The fourth-order valence-corrected chi connectivity index (χ4v) is 2.15. The van der Waals surface area contributed by atoms with Gasteiger partial charge in [0, 0.05) is 10.2 Å². The number of ether oxygens (including phenoxy) is 1. The molecule has 0 bridgehead atoms. The molecule has 18 heavy (non-hydrogen) atoms. The predicted molar refractivity (Wildman–Crippen MR) is 78.2 cm³/mol. The zero-order chi connectivity index (χ0) is 13.0. The van der Waals surface area contributed by atoms with Crippen LogP contribution in [0.1, 0.15) is 16.7 Å². The van der Waals surface area contributed by atoms with Crippen LogP contribution < -0.4 is 5.73 Å². The van der Waals surface area contributed by atoms with Crippen LogP contribution in [0, 0.1) is 6.92 Å². The third-order valence-electron chi connectivity index (χ3n) is 2.96. The van der Waals surface area contributed by atoms with Crippen LogP contribution in [-0.4, -0.2) is 0 Å². The van der Waals surface area contributed by atoms with Crippen molar-refractivity contribution in [2.45, 2.75) is 20.1 Å².